The maximum absolute atomic E-state index is 12.7. The van der Waals surface area contributed by atoms with Gasteiger partial charge in [0.2, 0.25) is 0 Å². The minimum absolute atomic E-state index is 0.122. The molecule has 2 rings (SSSR count). The average molecular weight is 317 g/mol. The van der Waals surface area contributed by atoms with Crippen molar-refractivity contribution in [3.63, 3.8) is 0 Å². The Kier molecular flexibility index (Phi) is 5.42. The van der Waals surface area contributed by atoms with Crippen molar-refractivity contribution >= 4 is 11.9 Å². The predicted octanol–water partition coefficient (Wildman–Crippen LogP) is 2.82. The summed E-state index contributed by atoms with van der Waals surface area (Å²) in [4.78, 5) is 28.2. The van der Waals surface area contributed by atoms with E-state index in [0.717, 1.165) is 12.0 Å². The standard InChI is InChI=1S/C18H27N3O2/c1-14(2)10-11-18(3)16(22)21(17(23)19-18)13-20(4)12-15-8-6-5-7-9-15/h5-9,14H,10-13H2,1-4H3,(H,19,23)/t18-/m0/s1. The molecule has 0 aliphatic carbocycles. The molecule has 3 amide bonds. The molecule has 1 N–H and O–H groups in total. The molecule has 0 bridgehead atoms. The van der Waals surface area contributed by atoms with Crippen LogP contribution in [0.4, 0.5) is 4.79 Å². The quantitative estimate of drug-likeness (QED) is 0.787. The first-order valence-corrected chi connectivity index (χ1v) is 8.18. The van der Waals surface area contributed by atoms with Gasteiger partial charge in [-0.25, -0.2) is 9.69 Å². The molecule has 1 aliphatic rings. The fourth-order valence-electron chi connectivity index (χ4n) is 2.81. The predicted molar refractivity (Wildman–Crippen MR) is 90.6 cm³/mol. The molecule has 1 saturated heterocycles. The highest BCUT2D eigenvalue weighted by atomic mass is 16.2. The molecule has 0 spiro atoms. The summed E-state index contributed by atoms with van der Waals surface area (Å²) in [5, 5.41) is 2.87. The first-order valence-electron chi connectivity index (χ1n) is 8.18. The average Bonchev–Trinajstić information content (AvgIpc) is 2.70. The first-order chi connectivity index (χ1) is 10.8. The third-order valence-electron chi connectivity index (χ3n) is 4.24. The third-order valence-corrected chi connectivity index (χ3v) is 4.24. The third kappa shape index (κ3) is 4.32. The fraction of sp³-hybridized carbons (Fsp3) is 0.556. The number of hydrogen-bond donors (Lipinski definition) is 1. The zero-order chi connectivity index (χ0) is 17.0. The van der Waals surface area contributed by atoms with E-state index in [4.69, 9.17) is 0 Å². The van der Waals surface area contributed by atoms with Crippen molar-refractivity contribution in [2.75, 3.05) is 13.7 Å². The van der Waals surface area contributed by atoms with Crippen LogP contribution < -0.4 is 5.32 Å². The molecule has 1 aliphatic heterocycles. The number of carbonyl (C=O) groups excluding carboxylic acids is 2. The maximum atomic E-state index is 12.7. The van der Waals surface area contributed by atoms with Crippen LogP contribution in [0.1, 0.15) is 39.2 Å². The highest BCUT2D eigenvalue weighted by Crippen LogP contribution is 2.24. The summed E-state index contributed by atoms with van der Waals surface area (Å²) in [6.45, 7) is 7.07. The van der Waals surface area contributed by atoms with Crippen LogP contribution in [0.2, 0.25) is 0 Å². The van der Waals surface area contributed by atoms with E-state index in [2.05, 4.69) is 19.2 Å². The number of imide groups is 1. The smallest absolute Gasteiger partial charge is 0.323 e. The molecule has 5 nitrogen and oxygen atoms in total. The lowest BCUT2D eigenvalue weighted by molar-refractivity contribution is -0.132. The number of amides is 3. The number of rotatable bonds is 7. The van der Waals surface area contributed by atoms with E-state index in [1.165, 1.54) is 4.90 Å². The summed E-state index contributed by atoms with van der Waals surface area (Å²) in [6, 6.07) is 9.73. The number of hydrogen-bond acceptors (Lipinski definition) is 3. The fourth-order valence-corrected chi connectivity index (χ4v) is 2.81. The van der Waals surface area contributed by atoms with Gasteiger partial charge in [-0.15, -0.1) is 0 Å². The molecule has 0 radical (unpaired) electrons. The molecule has 1 aromatic rings. The summed E-state index contributed by atoms with van der Waals surface area (Å²) < 4.78 is 0. The lowest BCUT2D eigenvalue weighted by Crippen LogP contribution is -2.45. The summed E-state index contributed by atoms with van der Waals surface area (Å²) in [5.74, 6) is 0.384. The molecule has 1 heterocycles. The van der Waals surface area contributed by atoms with Gasteiger partial charge in [0.05, 0.1) is 6.67 Å². The zero-order valence-corrected chi connectivity index (χ0v) is 14.5. The SMILES string of the molecule is CC(C)CC[C@]1(C)NC(=O)N(CN(C)Cc2ccccc2)C1=O. The minimum atomic E-state index is -0.769. The van der Waals surface area contributed by atoms with Crippen molar-refractivity contribution in [3.05, 3.63) is 35.9 Å². The minimum Gasteiger partial charge on any atom is -0.323 e. The Bertz CT molecular complexity index is 559. The van der Waals surface area contributed by atoms with E-state index >= 15 is 0 Å². The van der Waals surface area contributed by atoms with Crippen molar-refractivity contribution in [3.8, 4) is 0 Å². The molecule has 23 heavy (non-hydrogen) atoms. The lowest BCUT2D eigenvalue weighted by Gasteiger charge is -2.25. The second-order valence-electron chi connectivity index (χ2n) is 7.07. The van der Waals surface area contributed by atoms with E-state index in [1.54, 1.807) is 0 Å². The molecular weight excluding hydrogens is 290 g/mol. The van der Waals surface area contributed by atoms with Crippen molar-refractivity contribution in [1.82, 2.24) is 15.1 Å². The Labute approximate surface area is 138 Å². The van der Waals surface area contributed by atoms with Crippen LogP contribution in [-0.2, 0) is 11.3 Å². The van der Waals surface area contributed by atoms with Crippen LogP contribution in [0.25, 0.3) is 0 Å². The number of urea groups is 1. The van der Waals surface area contributed by atoms with Crippen molar-refractivity contribution in [2.24, 2.45) is 5.92 Å². The van der Waals surface area contributed by atoms with E-state index in [9.17, 15) is 9.59 Å². The van der Waals surface area contributed by atoms with Gasteiger partial charge in [0.15, 0.2) is 0 Å². The van der Waals surface area contributed by atoms with Crippen LogP contribution in [0.3, 0.4) is 0 Å². The molecular formula is C18H27N3O2. The van der Waals surface area contributed by atoms with Crippen molar-refractivity contribution < 1.29 is 9.59 Å². The van der Waals surface area contributed by atoms with Gasteiger partial charge in [-0.2, -0.15) is 0 Å². The summed E-state index contributed by atoms with van der Waals surface area (Å²) in [6.07, 6.45) is 1.59. The molecule has 1 aromatic carbocycles. The number of nitrogens with zero attached hydrogens (tertiary/aromatic N) is 2. The Morgan fingerprint density at radius 1 is 1.22 bits per heavy atom. The molecule has 5 heteroatoms. The maximum Gasteiger partial charge on any atom is 0.326 e. The summed E-state index contributed by atoms with van der Waals surface area (Å²) >= 11 is 0. The number of carbonyl (C=O) groups is 2. The van der Waals surface area contributed by atoms with Gasteiger partial charge in [-0.1, -0.05) is 44.2 Å². The van der Waals surface area contributed by atoms with Crippen LogP contribution >= 0.6 is 0 Å². The Balaban J connectivity index is 1.97. The van der Waals surface area contributed by atoms with Gasteiger partial charge in [0.1, 0.15) is 5.54 Å². The second-order valence-corrected chi connectivity index (χ2v) is 7.07. The zero-order valence-electron chi connectivity index (χ0n) is 14.5. The molecule has 0 unspecified atom stereocenters. The van der Waals surface area contributed by atoms with E-state index in [-0.39, 0.29) is 11.9 Å². The van der Waals surface area contributed by atoms with Gasteiger partial charge < -0.3 is 5.32 Å². The molecule has 1 atom stereocenters. The lowest BCUT2D eigenvalue weighted by atomic mass is 9.92. The molecule has 1 fully saturated rings. The molecule has 0 saturated carbocycles. The first kappa shape index (κ1) is 17.5. The largest absolute Gasteiger partial charge is 0.326 e. The van der Waals surface area contributed by atoms with Crippen LogP contribution in [0.5, 0.6) is 0 Å². The van der Waals surface area contributed by atoms with Gasteiger partial charge in [-0.3, -0.25) is 9.69 Å². The highest BCUT2D eigenvalue weighted by Gasteiger charge is 2.47. The van der Waals surface area contributed by atoms with E-state index in [1.807, 2.05) is 49.2 Å². The Morgan fingerprint density at radius 3 is 2.48 bits per heavy atom. The molecule has 0 aromatic heterocycles. The number of nitrogens with one attached hydrogen (secondary N) is 1. The van der Waals surface area contributed by atoms with E-state index < -0.39 is 5.54 Å². The van der Waals surface area contributed by atoms with Gasteiger partial charge in [0, 0.05) is 6.54 Å². The molecule has 126 valence electrons. The van der Waals surface area contributed by atoms with Crippen molar-refractivity contribution in [1.29, 1.82) is 0 Å². The van der Waals surface area contributed by atoms with E-state index in [0.29, 0.717) is 25.6 Å². The van der Waals surface area contributed by atoms with Gasteiger partial charge in [0.25, 0.3) is 5.91 Å². The summed E-state index contributed by atoms with van der Waals surface area (Å²) in [5.41, 5.74) is 0.388. The Hall–Kier alpha value is -1.88. The normalized spacial score (nSPS) is 21.4. The second kappa shape index (κ2) is 7.13. The van der Waals surface area contributed by atoms with Crippen LogP contribution in [-0.4, -0.2) is 41.0 Å². The van der Waals surface area contributed by atoms with Crippen molar-refractivity contribution in [2.45, 2.75) is 45.7 Å². The van der Waals surface area contributed by atoms with Gasteiger partial charge >= 0.3 is 6.03 Å². The van der Waals surface area contributed by atoms with Crippen LogP contribution in [0.15, 0.2) is 30.3 Å². The van der Waals surface area contributed by atoms with Gasteiger partial charge in [-0.05, 0) is 38.3 Å². The Morgan fingerprint density at radius 2 is 1.87 bits per heavy atom. The van der Waals surface area contributed by atoms with Crippen LogP contribution in [0, 0.1) is 5.92 Å². The highest BCUT2D eigenvalue weighted by molar-refractivity contribution is 6.06. The number of benzene rings is 1. The monoisotopic (exact) mass is 317 g/mol. The summed E-state index contributed by atoms with van der Waals surface area (Å²) in [7, 11) is 1.91. The topological polar surface area (TPSA) is 52.7 Å².